The molecule has 0 aliphatic carbocycles. The maximum Gasteiger partial charge on any atom is 0.315 e. The van der Waals surface area contributed by atoms with E-state index in [2.05, 4.69) is 92.2 Å². The molecule has 0 spiro atoms. The van der Waals surface area contributed by atoms with Crippen molar-refractivity contribution in [2.75, 3.05) is 0 Å². The monoisotopic (exact) mass is 319 g/mol. The van der Waals surface area contributed by atoms with E-state index in [-0.39, 0.29) is 0 Å². The van der Waals surface area contributed by atoms with Gasteiger partial charge in [0.25, 0.3) is 0 Å². The molecule has 103 valence electrons. The van der Waals surface area contributed by atoms with E-state index >= 15 is 0 Å². The van der Waals surface area contributed by atoms with Crippen LogP contribution in [-0.4, -0.2) is 33.0 Å². The van der Waals surface area contributed by atoms with Crippen LogP contribution in [0.5, 0.6) is 0 Å². The Balaban J connectivity index is 5.30. The van der Waals surface area contributed by atoms with Crippen LogP contribution in [0.3, 0.4) is 0 Å². The molecule has 0 N–H and O–H groups in total. The second-order valence-corrected chi connectivity index (χ2v) is 23.6. The highest BCUT2D eigenvalue weighted by Gasteiger charge is 2.13. The Morgan fingerprint density at radius 1 is 0.474 bits per heavy atom. The molecular formula is C15H27Si4. The lowest BCUT2D eigenvalue weighted by Crippen LogP contribution is -2.22. The van der Waals surface area contributed by atoms with E-state index in [1.807, 2.05) is 0 Å². The molecular weight excluding hydrogens is 293 g/mol. The van der Waals surface area contributed by atoms with Crippen LogP contribution in [0.25, 0.3) is 0 Å². The molecule has 1 radical (unpaired) electrons. The van der Waals surface area contributed by atoms with Gasteiger partial charge in [0, 0.05) is 0 Å². The third kappa shape index (κ3) is 13.8. The van der Waals surface area contributed by atoms with Crippen LogP contribution < -0.4 is 0 Å². The van der Waals surface area contributed by atoms with Crippen LogP contribution >= 0.6 is 0 Å². The first-order valence-electron chi connectivity index (χ1n) is 6.75. The quantitative estimate of drug-likeness (QED) is 0.471. The molecule has 0 fully saturated rings. The van der Waals surface area contributed by atoms with Gasteiger partial charge in [-0.05, 0) is 0 Å². The molecule has 0 bridgehead atoms. The summed E-state index contributed by atoms with van der Waals surface area (Å²) < 4.78 is 0. The van der Waals surface area contributed by atoms with Crippen molar-refractivity contribution < 1.29 is 0 Å². The molecule has 0 saturated heterocycles. The molecule has 0 rings (SSSR count). The van der Waals surface area contributed by atoms with Crippen molar-refractivity contribution >= 4 is 33.0 Å². The zero-order valence-electron chi connectivity index (χ0n) is 14.0. The fourth-order valence-electron chi connectivity index (χ4n) is 0.844. The molecule has 19 heavy (non-hydrogen) atoms. The molecule has 0 nitrogen and oxygen atoms in total. The average Bonchev–Trinajstić information content (AvgIpc) is 2.11. The predicted molar refractivity (Wildman–Crippen MR) is 99.1 cm³/mol. The Kier molecular flexibility index (Phi) is 6.66. The van der Waals surface area contributed by atoms with Gasteiger partial charge in [0.1, 0.15) is 24.2 Å². The van der Waals surface area contributed by atoms with Crippen molar-refractivity contribution in [3.8, 4) is 33.3 Å². The minimum atomic E-state index is -1.32. The van der Waals surface area contributed by atoms with Crippen LogP contribution in [0.1, 0.15) is 0 Å². The fourth-order valence-corrected chi connectivity index (χ4v) is 7.03. The number of hydrogen-bond donors (Lipinski definition) is 0. The molecule has 0 aliphatic heterocycles. The van der Waals surface area contributed by atoms with Crippen LogP contribution in [-0.2, 0) is 0 Å². The van der Waals surface area contributed by atoms with Crippen molar-refractivity contribution in [2.24, 2.45) is 0 Å². The van der Waals surface area contributed by atoms with Gasteiger partial charge in [-0.15, -0.1) is 33.3 Å². The van der Waals surface area contributed by atoms with Crippen molar-refractivity contribution in [1.82, 2.24) is 0 Å². The first-order valence-corrected chi connectivity index (χ1v) is 18.8. The van der Waals surface area contributed by atoms with Crippen LogP contribution in [0, 0.1) is 33.3 Å². The SMILES string of the molecule is C[Si](C)(C)C#C[Si](C#C[Si](C)(C)C)C#C[Si](C)(C)C. The Labute approximate surface area is 125 Å². The van der Waals surface area contributed by atoms with Gasteiger partial charge < -0.3 is 0 Å². The first-order chi connectivity index (χ1) is 8.29. The summed E-state index contributed by atoms with van der Waals surface area (Å²) in [7, 11) is -5.08. The van der Waals surface area contributed by atoms with Crippen LogP contribution in [0.15, 0.2) is 0 Å². The van der Waals surface area contributed by atoms with Gasteiger partial charge in [-0.3, -0.25) is 0 Å². The first kappa shape index (κ1) is 18.5. The largest absolute Gasteiger partial charge is 0.315 e. The van der Waals surface area contributed by atoms with Gasteiger partial charge >= 0.3 is 8.80 Å². The standard InChI is InChI=1S/C15H27Si4/c1-17(2,3)13-10-16(11-14-18(4,5)6)12-15-19(7,8)9/h1-9H3. The van der Waals surface area contributed by atoms with E-state index in [9.17, 15) is 0 Å². The minimum Gasteiger partial charge on any atom is -0.137 e. The number of rotatable bonds is 0. The molecule has 0 heterocycles. The van der Waals surface area contributed by atoms with Gasteiger partial charge in [0.2, 0.25) is 0 Å². The Morgan fingerprint density at radius 2 is 0.684 bits per heavy atom. The summed E-state index contributed by atoms with van der Waals surface area (Å²) in [6.45, 7) is 20.5. The highest BCUT2D eigenvalue weighted by molar-refractivity contribution is 6.92. The zero-order chi connectivity index (χ0) is 15.3. The summed E-state index contributed by atoms with van der Waals surface area (Å²) in [4.78, 5) is 0. The summed E-state index contributed by atoms with van der Waals surface area (Å²) in [6.07, 6.45) is 0. The third-order valence-electron chi connectivity index (χ3n) is 1.69. The van der Waals surface area contributed by atoms with Crippen molar-refractivity contribution in [3.05, 3.63) is 0 Å². The number of hydrogen-bond acceptors (Lipinski definition) is 0. The highest BCUT2D eigenvalue weighted by Crippen LogP contribution is 2.00. The van der Waals surface area contributed by atoms with Crippen LogP contribution in [0.2, 0.25) is 58.9 Å². The molecule has 0 amide bonds. The molecule has 0 unspecified atom stereocenters. The smallest absolute Gasteiger partial charge is 0.137 e. The van der Waals surface area contributed by atoms with Crippen molar-refractivity contribution in [3.63, 3.8) is 0 Å². The maximum absolute atomic E-state index is 3.45. The van der Waals surface area contributed by atoms with Crippen molar-refractivity contribution in [1.29, 1.82) is 0 Å². The second-order valence-electron chi connectivity index (χ2n) is 7.88. The summed E-state index contributed by atoms with van der Waals surface area (Å²) in [5, 5.41) is 0. The lowest BCUT2D eigenvalue weighted by atomic mass is 11.3. The lowest BCUT2D eigenvalue weighted by Gasteiger charge is -2.06. The van der Waals surface area contributed by atoms with Gasteiger partial charge in [0.15, 0.2) is 0 Å². The molecule has 0 aromatic heterocycles. The highest BCUT2D eigenvalue weighted by atomic mass is 28.3. The van der Waals surface area contributed by atoms with E-state index in [0.717, 1.165) is 0 Å². The van der Waals surface area contributed by atoms with Gasteiger partial charge in [-0.1, -0.05) is 58.9 Å². The zero-order valence-corrected chi connectivity index (χ0v) is 18.0. The van der Waals surface area contributed by atoms with Crippen LogP contribution in [0.4, 0.5) is 0 Å². The molecule has 0 aromatic carbocycles. The molecule has 0 atom stereocenters. The molecule has 0 saturated carbocycles. The van der Waals surface area contributed by atoms with E-state index < -0.39 is 33.0 Å². The lowest BCUT2D eigenvalue weighted by molar-refractivity contribution is 1.81. The Morgan fingerprint density at radius 3 is 0.842 bits per heavy atom. The Bertz CT molecular complexity index is 403. The van der Waals surface area contributed by atoms with Gasteiger partial charge in [-0.2, -0.15) is 0 Å². The van der Waals surface area contributed by atoms with Gasteiger partial charge in [-0.25, -0.2) is 0 Å². The summed E-state index contributed by atoms with van der Waals surface area (Å²) >= 11 is 0. The van der Waals surface area contributed by atoms with E-state index in [4.69, 9.17) is 0 Å². The van der Waals surface area contributed by atoms with E-state index in [1.165, 1.54) is 0 Å². The molecule has 4 heteroatoms. The molecule has 0 aromatic rings. The minimum absolute atomic E-state index is 1.12. The Hall–Kier alpha value is -0.452. The normalized spacial score (nSPS) is 11.7. The average molecular weight is 320 g/mol. The topological polar surface area (TPSA) is 0 Å². The van der Waals surface area contributed by atoms with Gasteiger partial charge in [0.05, 0.1) is 0 Å². The fraction of sp³-hybridized carbons (Fsp3) is 0.600. The summed E-state index contributed by atoms with van der Waals surface area (Å²) in [5.41, 5.74) is 20.6. The third-order valence-corrected chi connectivity index (χ3v) is 6.19. The maximum atomic E-state index is 3.45. The second kappa shape index (κ2) is 6.82. The summed E-state index contributed by atoms with van der Waals surface area (Å²) in [6, 6.07) is 0. The van der Waals surface area contributed by atoms with E-state index in [0.29, 0.717) is 0 Å². The summed E-state index contributed by atoms with van der Waals surface area (Å²) in [5.74, 6) is 0. The van der Waals surface area contributed by atoms with E-state index in [1.54, 1.807) is 0 Å². The molecule has 0 aliphatic rings. The van der Waals surface area contributed by atoms with Crippen molar-refractivity contribution in [2.45, 2.75) is 58.9 Å². The predicted octanol–water partition coefficient (Wildman–Crippen LogP) is 3.74.